The van der Waals surface area contributed by atoms with Crippen LogP contribution in [0.1, 0.15) is 70.1 Å². The molecule has 0 saturated heterocycles. The van der Waals surface area contributed by atoms with E-state index in [-0.39, 0.29) is 17.4 Å². The smallest absolute Gasteiger partial charge is 0.230 e. The fourth-order valence-corrected chi connectivity index (χ4v) is 6.03. The molecule has 1 N–H and O–H groups in total. The number of hydrogen-bond donors (Lipinski definition) is 1. The number of rotatable bonds is 4. The van der Waals surface area contributed by atoms with E-state index < -0.39 is 0 Å². The summed E-state index contributed by atoms with van der Waals surface area (Å²) in [5.41, 5.74) is 2.06. The standard InChI is InChI=1S/C21H29N5OS2/c1-11(2)17-22-19-16(13-8-7-12(3)9-14(13)29-19)18-24-25-20(26(17)18)28-10-15(27)23-21(4,5)6/h11-12H,7-10H2,1-6H3,(H,23,27)/t12-/m0/s1. The third kappa shape index (κ3) is 4.01. The van der Waals surface area contributed by atoms with Crippen molar-refractivity contribution in [2.24, 2.45) is 5.92 Å². The monoisotopic (exact) mass is 431 g/mol. The molecule has 0 bridgehead atoms. The van der Waals surface area contributed by atoms with Crippen LogP contribution in [0.5, 0.6) is 0 Å². The summed E-state index contributed by atoms with van der Waals surface area (Å²) in [6, 6.07) is 0. The molecule has 0 aromatic carbocycles. The van der Waals surface area contributed by atoms with Gasteiger partial charge in [0.2, 0.25) is 5.91 Å². The maximum Gasteiger partial charge on any atom is 0.230 e. The van der Waals surface area contributed by atoms with Crippen molar-refractivity contribution in [2.75, 3.05) is 5.75 Å². The molecule has 29 heavy (non-hydrogen) atoms. The maximum atomic E-state index is 12.3. The molecule has 0 spiro atoms. The molecule has 6 nitrogen and oxygen atoms in total. The largest absolute Gasteiger partial charge is 0.351 e. The van der Waals surface area contributed by atoms with Gasteiger partial charge in [0, 0.05) is 16.3 Å². The Kier molecular flexibility index (Phi) is 5.36. The highest BCUT2D eigenvalue weighted by Gasteiger charge is 2.26. The van der Waals surface area contributed by atoms with Crippen LogP contribution in [0.4, 0.5) is 0 Å². The van der Waals surface area contributed by atoms with E-state index in [1.165, 1.54) is 34.0 Å². The summed E-state index contributed by atoms with van der Waals surface area (Å²) in [7, 11) is 0. The topological polar surface area (TPSA) is 72.2 Å². The van der Waals surface area contributed by atoms with Crippen molar-refractivity contribution in [2.45, 2.75) is 77.4 Å². The summed E-state index contributed by atoms with van der Waals surface area (Å²) in [5.74, 6) is 2.23. The maximum absolute atomic E-state index is 12.3. The quantitative estimate of drug-likeness (QED) is 0.612. The van der Waals surface area contributed by atoms with Crippen LogP contribution in [0.25, 0.3) is 15.9 Å². The van der Waals surface area contributed by atoms with E-state index in [0.29, 0.717) is 5.75 Å². The Bertz CT molecular complexity index is 1080. The van der Waals surface area contributed by atoms with E-state index in [1.54, 1.807) is 0 Å². The van der Waals surface area contributed by atoms with Crippen LogP contribution in [0, 0.1) is 5.92 Å². The first kappa shape index (κ1) is 20.6. The van der Waals surface area contributed by atoms with Gasteiger partial charge in [-0.05, 0) is 51.5 Å². The molecule has 3 aromatic heterocycles. The molecule has 1 atom stereocenters. The summed E-state index contributed by atoms with van der Waals surface area (Å²) in [6.45, 7) is 12.6. The number of hydrogen-bond acceptors (Lipinski definition) is 6. The summed E-state index contributed by atoms with van der Waals surface area (Å²) in [6.07, 6.45) is 3.42. The molecule has 8 heteroatoms. The van der Waals surface area contributed by atoms with Crippen LogP contribution in [-0.2, 0) is 17.6 Å². The summed E-state index contributed by atoms with van der Waals surface area (Å²) >= 11 is 3.25. The first-order valence-corrected chi connectivity index (χ1v) is 12.1. The van der Waals surface area contributed by atoms with Crippen LogP contribution in [-0.4, -0.2) is 36.8 Å². The summed E-state index contributed by atoms with van der Waals surface area (Å²) < 4.78 is 2.08. The average Bonchev–Trinajstić information content (AvgIpc) is 3.17. The van der Waals surface area contributed by atoms with Gasteiger partial charge in [-0.2, -0.15) is 0 Å². The summed E-state index contributed by atoms with van der Waals surface area (Å²) in [4.78, 5) is 19.9. The van der Waals surface area contributed by atoms with Crippen molar-refractivity contribution in [3.05, 3.63) is 16.3 Å². The number of thioether (sulfide) groups is 1. The number of nitrogens with zero attached hydrogens (tertiary/aromatic N) is 4. The van der Waals surface area contributed by atoms with Gasteiger partial charge in [0.25, 0.3) is 0 Å². The van der Waals surface area contributed by atoms with Crippen LogP contribution in [0.15, 0.2) is 5.16 Å². The summed E-state index contributed by atoms with van der Waals surface area (Å²) in [5, 5.41) is 13.9. The van der Waals surface area contributed by atoms with Crippen molar-refractivity contribution in [1.29, 1.82) is 0 Å². The first-order valence-electron chi connectivity index (χ1n) is 10.3. The molecule has 1 aliphatic rings. The minimum Gasteiger partial charge on any atom is -0.351 e. The number of amides is 1. The van der Waals surface area contributed by atoms with Gasteiger partial charge in [-0.1, -0.05) is 32.5 Å². The van der Waals surface area contributed by atoms with Crippen molar-refractivity contribution in [1.82, 2.24) is 24.9 Å². The Morgan fingerprint density at radius 2 is 2.10 bits per heavy atom. The van der Waals surface area contributed by atoms with E-state index in [9.17, 15) is 4.79 Å². The van der Waals surface area contributed by atoms with Gasteiger partial charge < -0.3 is 5.32 Å². The van der Waals surface area contributed by atoms with E-state index >= 15 is 0 Å². The molecule has 3 heterocycles. The molecule has 0 unspecified atom stereocenters. The normalized spacial score (nSPS) is 17.3. The molecule has 1 amide bonds. The molecule has 3 aromatic rings. The Morgan fingerprint density at radius 3 is 2.79 bits per heavy atom. The number of thiophene rings is 1. The molecular weight excluding hydrogens is 402 g/mol. The van der Waals surface area contributed by atoms with E-state index in [2.05, 4.69) is 40.7 Å². The second-order valence-corrected chi connectivity index (χ2v) is 11.4. The molecule has 1 aliphatic carbocycles. The predicted octanol–water partition coefficient (Wildman–Crippen LogP) is 4.59. The van der Waals surface area contributed by atoms with Gasteiger partial charge >= 0.3 is 0 Å². The number of aryl methyl sites for hydroxylation is 1. The van der Waals surface area contributed by atoms with E-state index in [4.69, 9.17) is 4.98 Å². The molecule has 0 aliphatic heterocycles. The highest BCUT2D eigenvalue weighted by Crippen LogP contribution is 2.40. The lowest BCUT2D eigenvalue weighted by atomic mass is 9.89. The fraction of sp³-hybridized carbons (Fsp3) is 0.619. The number of nitrogens with one attached hydrogen (secondary N) is 1. The average molecular weight is 432 g/mol. The molecule has 4 rings (SSSR count). The Labute approximate surface area is 179 Å². The zero-order valence-electron chi connectivity index (χ0n) is 18.0. The second kappa shape index (κ2) is 7.54. The van der Waals surface area contributed by atoms with Crippen molar-refractivity contribution >= 4 is 44.9 Å². The minimum absolute atomic E-state index is 0.00119. The lowest BCUT2D eigenvalue weighted by molar-refractivity contribution is -0.119. The van der Waals surface area contributed by atoms with Gasteiger partial charge in [-0.3, -0.25) is 9.20 Å². The van der Waals surface area contributed by atoms with E-state index in [0.717, 1.165) is 40.2 Å². The van der Waals surface area contributed by atoms with Crippen LogP contribution in [0.2, 0.25) is 0 Å². The van der Waals surface area contributed by atoms with Crippen LogP contribution >= 0.6 is 23.1 Å². The van der Waals surface area contributed by atoms with Gasteiger partial charge in [0.15, 0.2) is 10.8 Å². The van der Waals surface area contributed by atoms with Gasteiger partial charge in [-0.15, -0.1) is 21.5 Å². The Morgan fingerprint density at radius 1 is 1.34 bits per heavy atom. The van der Waals surface area contributed by atoms with Crippen molar-refractivity contribution in [3.63, 3.8) is 0 Å². The highest BCUT2D eigenvalue weighted by molar-refractivity contribution is 7.99. The SMILES string of the molecule is CC(C)c1nc2sc3c(c2c2nnc(SCC(=O)NC(C)(C)C)n12)CC[C@H](C)C3. The fourth-order valence-electron chi connectivity index (χ4n) is 3.90. The minimum atomic E-state index is -0.242. The lowest BCUT2D eigenvalue weighted by Gasteiger charge is -2.20. The van der Waals surface area contributed by atoms with Gasteiger partial charge in [0.1, 0.15) is 10.7 Å². The first-order chi connectivity index (χ1) is 13.6. The Hall–Kier alpha value is -1.67. The molecule has 0 radical (unpaired) electrons. The molecular formula is C21H29N5OS2. The zero-order valence-corrected chi connectivity index (χ0v) is 19.6. The number of carbonyl (C=O) groups excluding carboxylic acids is 1. The molecule has 156 valence electrons. The molecule has 0 saturated carbocycles. The van der Waals surface area contributed by atoms with Crippen molar-refractivity contribution in [3.8, 4) is 0 Å². The number of aromatic nitrogens is 4. The third-order valence-corrected chi connectivity index (χ3v) is 7.24. The second-order valence-electron chi connectivity index (χ2n) is 9.39. The van der Waals surface area contributed by atoms with Crippen LogP contribution in [0.3, 0.4) is 0 Å². The third-order valence-electron chi connectivity index (χ3n) is 5.16. The highest BCUT2D eigenvalue weighted by atomic mass is 32.2. The van der Waals surface area contributed by atoms with Crippen LogP contribution < -0.4 is 5.32 Å². The predicted molar refractivity (Wildman–Crippen MR) is 120 cm³/mol. The Balaban J connectivity index is 1.77. The van der Waals surface area contributed by atoms with E-state index in [1.807, 2.05) is 32.1 Å². The van der Waals surface area contributed by atoms with Gasteiger partial charge in [-0.25, -0.2) is 4.98 Å². The van der Waals surface area contributed by atoms with Crippen molar-refractivity contribution < 1.29 is 4.79 Å². The van der Waals surface area contributed by atoms with Gasteiger partial charge in [0.05, 0.1) is 11.1 Å². The molecule has 0 fully saturated rings. The number of carbonyl (C=O) groups is 1. The zero-order chi connectivity index (χ0) is 20.9. The lowest BCUT2D eigenvalue weighted by Crippen LogP contribution is -2.41. The number of fused-ring (bicyclic) bond motifs is 5.